The topological polar surface area (TPSA) is 41.1 Å². The van der Waals surface area contributed by atoms with Gasteiger partial charge in [0, 0.05) is 17.1 Å². The van der Waals surface area contributed by atoms with Crippen LogP contribution in [0.15, 0.2) is 22.7 Å². The van der Waals surface area contributed by atoms with Crippen LogP contribution in [-0.2, 0) is 0 Å². The molecule has 0 aromatic heterocycles. The molecule has 1 aromatic rings. The van der Waals surface area contributed by atoms with Gasteiger partial charge in [-0.2, -0.15) is 0 Å². The highest BCUT2D eigenvalue weighted by atomic mass is 79.9. The highest BCUT2D eigenvalue weighted by Crippen LogP contribution is 2.18. The van der Waals surface area contributed by atoms with Crippen molar-refractivity contribution < 1.29 is 4.79 Å². The molecule has 18 heavy (non-hydrogen) atoms. The fourth-order valence-electron chi connectivity index (χ4n) is 2.27. The van der Waals surface area contributed by atoms with Crippen molar-refractivity contribution in [3.05, 3.63) is 33.8 Å². The largest absolute Gasteiger partial charge is 0.352 e. The summed E-state index contributed by atoms with van der Waals surface area (Å²) in [4.78, 5) is 12.0. The zero-order valence-electron chi connectivity index (χ0n) is 10.6. The number of aryl methyl sites for hydroxylation is 1. The monoisotopic (exact) mass is 310 g/mol. The fourth-order valence-corrected chi connectivity index (χ4v) is 2.70. The minimum Gasteiger partial charge on any atom is -0.352 e. The van der Waals surface area contributed by atoms with E-state index in [1.165, 1.54) is 12.8 Å². The number of hydrogen-bond donors (Lipinski definition) is 2. The average molecular weight is 311 g/mol. The number of carbonyl (C=O) groups excluding carboxylic acids is 1. The summed E-state index contributed by atoms with van der Waals surface area (Å²) in [5.41, 5.74) is 1.81. The SMILES string of the molecule is Cc1ccc(Br)c(C(=O)NCC[C@H]2CCCN2)c1. The molecule has 4 heteroatoms. The second-order valence-electron chi connectivity index (χ2n) is 4.82. The van der Waals surface area contributed by atoms with Crippen molar-refractivity contribution in [3.63, 3.8) is 0 Å². The van der Waals surface area contributed by atoms with Gasteiger partial charge < -0.3 is 10.6 Å². The first-order valence-electron chi connectivity index (χ1n) is 6.44. The summed E-state index contributed by atoms with van der Waals surface area (Å²) < 4.78 is 0.851. The summed E-state index contributed by atoms with van der Waals surface area (Å²) in [6, 6.07) is 6.39. The first-order valence-corrected chi connectivity index (χ1v) is 7.24. The maximum absolute atomic E-state index is 12.0. The number of carbonyl (C=O) groups is 1. The van der Waals surface area contributed by atoms with E-state index in [2.05, 4.69) is 26.6 Å². The van der Waals surface area contributed by atoms with Crippen molar-refractivity contribution in [2.45, 2.75) is 32.2 Å². The van der Waals surface area contributed by atoms with E-state index in [0.717, 1.165) is 35.1 Å². The van der Waals surface area contributed by atoms with Crippen molar-refractivity contribution >= 4 is 21.8 Å². The standard InChI is InChI=1S/C14H19BrN2O/c1-10-4-5-13(15)12(9-10)14(18)17-8-6-11-3-2-7-16-11/h4-5,9,11,16H,2-3,6-8H2,1H3,(H,17,18)/t11-/m1/s1. The van der Waals surface area contributed by atoms with Crippen LogP contribution in [0.1, 0.15) is 35.2 Å². The number of rotatable bonds is 4. The third-order valence-electron chi connectivity index (χ3n) is 3.31. The van der Waals surface area contributed by atoms with Crippen molar-refractivity contribution in [3.8, 4) is 0 Å². The third-order valence-corrected chi connectivity index (χ3v) is 4.00. The van der Waals surface area contributed by atoms with E-state index in [-0.39, 0.29) is 5.91 Å². The molecule has 0 bridgehead atoms. The summed E-state index contributed by atoms with van der Waals surface area (Å²) >= 11 is 3.42. The van der Waals surface area contributed by atoms with Crippen molar-refractivity contribution in [2.24, 2.45) is 0 Å². The van der Waals surface area contributed by atoms with E-state index in [0.29, 0.717) is 6.04 Å². The normalized spacial score (nSPS) is 18.9. The number of benzene rings is 1. The predicted octanol–water partition coefficient (Wildman–Crippen LogP) is 2.63. The Labute approximate surface area is 116 Å². The summed E-state index contributed by atoms with van der Waals surface area (Å²) in [5, 5.41) is 6.41. The highest BCUT2D eigenvalue weighted by Gasteiger charge is 2.14. The zero-order chi connectivity index (χ0) is 13.0. The molecule has 1 saturated heterocycles. The van der Waals surface area contributed by atoms with Gasteiger partial charge in [-0.3, -0.25) is 4.79 Å². The predicted molar refractivity (Wildman–Crippen MR) is 76.9 cm³/mol. The van der Waals surface area contributed by atoms with E-state index >= 15 is 0 Å². The highest BCUT2D eigenvalue weighted by molar-refractivity contribution is 9.10. The van der Waals surface area contributed by atoms with Crippen LogP contribution in [-0.4, -0.2) is 25.0 Å². The quantitative estimate of drug-likeness (QED) is 0.897. The molecule has 0 spiro atoms. The third kappa shape index (κ3) is 3.56. The van der Waals surface area contributed by atoms with Gasteiger partial charge in [0.15, 0.2) is 0 Å². The van der Waals surface area contributed by atoms with Crippen LogP contribution in [0.5, 0.6) is 0 Å². The minimum absolute atomic E-state index is 0.00331. The van der Waals surface area contributed by atoms with E-state index < -0.39 is 0 Å². The Hall–Kier alpha value is -0.870. The fraction of sp³-hybridized carbons (Fsp3) is 0.500. The zero-order valence-corrected chi connectivity index (χ0v) is 12.2. The maximum atomic E-state index is 12.0. The Kier molecular flexibility index (Phi) is 4.78. The molecule has 98 valence electrons. The van der Waals surface area contributed by atoms with Gasteiger partial charge in [0.25, 0.3) is 5.91 Å². The molecule has 1 atom stereocenters. The van der Waals surface area contributed by atoms with Crippen LogP contribution in [0.25, 0.3) is 0 Å². The van der Waals surface area contributed by atoms with Gasteiger partial charge in [0.2, 0.25) is 0 Å². The second kappa shape index (κ2) is 6.34. The van der Waals surface area contributed by atoms with Gasteiger partial charge >= 0.3 is 0 Å². The van der Waals surface area contributed by atoms with Crippen LogP contribution in [0.4, 0.5) is 0 Å². The van der Waals surface area contributed by atoms with Gasteiger partial charge in [-0.05, 0) is 60.8 Å². The molecule has 3 nitrogen and oxygen atoms in total. The van der Waals surface area contributed by atoms with Crippen LogP contribution in [0.3, 0.4) is 0 Å². The van der Waals surface area contributed by atoms with Crippen LogP contribution in [0.2, 0.25) is 0 Å². The molecule has 0 radical (unpaired) electrons. The second-order valence-corrected chi connectivity index (χ2v) is 5.68. The van der Waals surface area contributed by atoms with Gasteiger partial charge in [-0.25, -0.2) is 0 Å². The summed E-state index contributed by atoms with van der Waals surface area (Å²) in [6.45, 7) is 3.84. The Balaban J connectivity index is 1.85. The number of halogens is 1. The molecule has 1 fully saturated rings. The molecule has 1 aliphatic rings. The molecule has 0 aliphatic carbocycles. The maximum Gasteiger partial charge on any atom is 0.252 e. The van der Waals surface area contributed by atoms with Crippen molar-refractivity contribution in [2.75, 3.05) is 13.1 Å². The molecule has 0 unspecified atom stereocenters. The molecule has 2 rings (SSSR count). The molecular formula is C14H19BrN2O. The van der Waals surface area contributed by atoms with Gasteiger partial charge in [0.05, 0.1) is 5.56 Å². The van der Waals surface area contributed by atoms with Crippen molar-refractivity contribution in [1.29, 1.82) is 0 Å². The van der Waals surface area contributed by atoms with Crippen LogP contribution < -0.4 is 10.6 Å². The van der Waals surface area contributed by atoms with E-state index in [1.54, 1.807) is 0 Å². The lowest BCUT2D eigenvalue weighted by molar-refractivity contribution is 0.0951. The molecule has 1 aromatic carbocycles. The summed E-state index contributed by atoms with van der Waals surface area (Å²) in [7, 11) is 0. The van der Waals surface area contributed by atoms with E-state index in [4.69, 9.17) is 0 Å². The summed E-state index contributed by atoms with van der Waals surface area (Å²) in [5.74, 6) is 0.00331. The lowest BCUT2D eigenvalue weighted by Crippen LogP contribution is -2.30. The Morgan fingerprint density at radius 2 is 2.39 bits per heavy atom. The Morgan fingerprint density at radius 3 is 3.11 bits per heavy atom. The minimum atomic E-state index is 0.00331. The van der Waals surface area contributed by atoms with Crippen molar-refractivity contribution in [1.82, 2.24) is 10.6 Å². The first-order chi connectivity index (χ1) is 8.66. The average Bonchev–Trinajstić information content (AvgIpc) is 2.85. The molecular weight excluding hydrogens is 292 g/mol. The molecule has 0 saturated carbocycles. The van der Waals surface area contributed by atoms with Gasteiger partial charge in [-0.1, -0.05) is 11.6 Å². The van der Waals surface area contributed by atoms with Gasteiger partial charge in [0.1, 0.15) is 0 Å². The summed E-state index contributed by atoms with van der Waals surface area (Å²) in [6.07, 6.45) is 3.49. The molecule has 1 heterocycles. The number of amides is 1. The molecule has 1 amide bonds. The lowest BCUT2D eigenvalue weighted by Gasteiger charge is -2.11. The Morgan fingerprint density at radius 1 is 1.56 bits per heavy atom. The first kappa shape index (κ1) is 13.6. The smallest absolute Gasteiger partial charge is 0.252 e. The van der Waals surface area contributed by atoms with Gasteiger partial charge in [-0.15, -0.1) is 0 Å². The van der Waals surface area contributed by atoms with E-state index in [9.17, 15) is 4.79 Å². The Bertz CT molecular complexity index is 428. The molecule has 1 aliphatic heterocycles. The number of hydrogen-bond acceptors (Lipinski definition) is 2. The van der Waals surface area contributed by atoms with E-state index in [1.807, 2.05) is 25.1 Å². The number of nitrogens with one attached hydrogen (secondary N) is 2. The molecule has 2 N–H and O–H groups in total. The lowest BCUT2D eigenvalue weighted by atomic mass is 10.1. The van der Waals surface area contributed by atoms with Crippen LogP contribution >= 0.6 is 15.9 Å². The van der Waals surface area contributed by atoms with Crippen LogP contribution in [0, 0.1) is 6.92 Å².